The quantitative estimate of drug-likeness (QED) is 0.830. The summed E-state index contributed by atoms with van der Waals surface area (Å²) < 4.78 is 1.93. The maximum absolute atomic E-state index is 10.6. The lowest BCUT2D eigenvalue weighted by Crippen LogP contribution is -2.09. The number of carboxylic acids is 1. The smallest absolute Gasteiger partial charge is 0.313 e. The first-order valence-electron chi connectivity index (χ1n) is 5.85. The third-order valence-electron chi connectivity index (χ3n) is 2.63. The molecule has 1 atom stereocenters. The molecule has 2 heterocycles. The molecule has 0 aliphatic carbocycles. The minimum atomic E-state index is -0.846. The minimum Gasteiger partial charge on any atom is -0.481 e. The van der Waals surface area contributed by atoms with Crippen LogP contribution < -0.4 is 0 Å². The first-order chi connectivity index (χ1) is 9.06. The van der Waals surface area contributed by atoms with E-state index in [4.69, 9.17) is 5.11 Å². The molecule has 0 saturated heterocycles. The Hall–Kier alpha value is -1.34. The van der Waals surface area contributed by atoms with E-state index in [-0.39, 0.29) is 11.8 Å². The lowest BCUT2D eigenvalue weighted by molar-refractivity contribution is -0.133. The van der Waals surface area contributed by atoms with Crippen molar-refractivity contribution >= 4 is 29.1 Å². The van der Waals surface area contributed by atoms with Crippen molar-refractivity contribution in [3.63, 3.8) is 0 Å². The summed E-state index contributed by atoms with van der Waals surface area (Å²) in [6.45, 7) is 4.18. The van der Waals surface area contributed by atoms with Gasteiger partial charge in [0, 0.05) is 22.2 Å². The number of aromatic nitrogens is 3. The van der Waals surface area contributed by atoms with Crippen molar-refractivity contribution in [3.8, 4) is 0 Å². The Morgan fingerprint density at radius 3 is 3.00 bits per heavy atom. The zero-order valence-electron chi connectivity index (χ0n) is 10.7. The molecular weight excluding hydrogens is 282 g/mol. The van der Waals surface area contributed by atoms with Crippen LogP contribution in [-0.2, 0) is 11.2 Å². The molecule has 19 heavy (non-hydrogen) atoms. The van der Waals surface area contributed by atoms with Gasteiger partial charge in [0.15, 0.2) is 5.16 Å². The third-order valence-corrected chi connectivity index (χ3v) is 4.60. The molecule has 102 valence electrons. The fourth-order valence-corrected chi connectivity index (χ4v) is 3.49. The van der Waals surface area contributed by atoms with E-state index in [9.17, 15) is 4.79 Å². The van der Waals surface area contributed by atoms with E-state index in [1.54, 1.807) is 17.7 Å². The van der Waals surface area contributed by atoms with Crippen LogP contribution in [0, 0.1) is 6.92 Å². The molecule has 2 aromatic rings. The number of hydrogen-bond acceptors (Lipinski definition) is 5. The van der Waals surface area contributed by atoms with Gasteiger partial charge >= 0.3 is 5.97 Å². The Labute approximate surface area is 119 Å². The summed E-state index contributed by atoms with van der Waals surface area (Å²) in [6.07, 6.45) is 2.56. The van der Waals surface area contributed by atoms with E-state index in [2.05, 4.69) is 36.2 Å². The van der Waals surface area contributed by atoms with E-state index >= 15 is 0 Å². The molecule has 0 amide bonds. The summed E-state index contributed by atoms with van der Waals surface area (Å²) in [5, 5.41) is 17.2. The summed E-state index contributed by atoms with van der Waals surface area (Å²) in [5.41, 5.74) is 0. The Kier molecular flexibility index (Phi) is 4.60. The van der Waals surface area contributed by atoms with Crippen LogP contribution in [0.25, 0.3) is 0 Å². The van der Waals surface area contributed by atoms with Gasteiger partial charge in [-0.15, -0.1) is 21.5 Å². The second kappa shape index (κ2) is 6.21. The molecule has 0 bridgehead atoms. The molecule has 5 nitrogen and oxygen atoms in total. The van der Waals surface area contributed by atoms with Gasteiger partial charge in [0.2, 0.25) is 0 Å². The molecule has 2 aromatic heterocycles. The number of carbonyl (C=O) groups is 1. The number of rotatable bonds is 6. The van der Waals surface area contributed by atoms with E-state index in [1.165, 1.54) is 21.5 Å². The average molecular weight is 297 g/mol. The highest BCUT2D eigenvalue weighted by molar-refractivity contribution is 7.99. The highest BCUT2D eigenvalue weighted by Gasteiger charge is 2.14. The van der Waals surface area contributed by atoms with Gasteiger partial charge in [-0.3, -0.25) is 4.79 Å². The predicted molar refractivity (Wildman–Crippen MR) is 75.9 cm³/mol. The highest BCUT2D eigenvalue weighted by Crippen LogP contribution is 2.24. The average Bonchev–Trinajstić information content (AvgIpc) is 2.95. The van der Waals surface area contributed by atoms with E-state index in [0.29, 0.717) is 5.16 Å². The lowest BCUT2D eigenvalue weighted by atomic mass is 10.2. The number of aliphatic carboxylic acids is 1. The fraction of sp³-hybridized carbons (Fsp3) is 0.417. The van der Waals surface area contributed by atoms with E-state index in [0.717, 1.165) is 6.42 Å². The first kappa shape index (κ1) is 14.1. The standard InChI is InChI=1S/C12H15N3O2S2/c1-8(5-10-4-3-9(2)19-10)15-7-13-14-12(15)18-6-11(16)17/h3-4,7-8H,5-6H2,1-2H3,(H,16,17). The van der Waals surface area contributed by atoms with Crippen LogP contribution in [-0.4, -0.2) is 31.6 Å². The maximum atomic E-state index is 10.6. The van der Waals surface area contributed by atoms with Crippen LogP contribution in [0.3, 0.4) is 0 Å². The molecule has 0 fully saturated rings. The van der Waals surface area contributed by atoms with Crippen molar-refractivity contribution in [2.24, 2.45) is 0 Å². The summed E-state index contributed by atoms with van der Waals surface area (Å²) in [6, 6.07) is 4.45. The topological polar surface area (TPSA) is 68.0 Å². The minimum absolute atomic E-state index is 0.00350. The molecule has 0 aliphatic heterocycles. The van der Waals surface area contributed by atoms with Crippen LogP contribution in [0.1, 0.15) is 22.7 Å². The largest absolute Gasteiger partial charge is 0.481 e. The van der Waals surface area contributed by atoms with Gasteiger partial charge in [-0.05, 0) is 26.0 Å². The molecule has 7 heteroatoms. The molecule has 1 N–H and O–H groups in total. The summed E-state index contributed by atoms with van der Waals surface area (Å²) >= 11 is 2.98. The Morgan fingerprint density at radius 1 is 1.58 bits per heavy atom. The Morgan fingerprint density at radius 2 is 2.37 bits per heavy atom. The van der Waals surface area contributed by atoms with Gasteiger partial charge in [0.05, 0.1) is 5.75 Å². The normalized spacial score (nSPS) is 12.5. The van der Waals surface area contributed by atoms with Gasteiger partial charge in [0.1, 0.15) is 6.33 Å². The SMILES string of the molecule is Cc1ccc(CC(C)n2cnnc2SCC(=O)O)s1. The lowest BCUT2D eigenvalue weighted by Gasteiger charge is -2.13. The Balaban J connectivity index is 2.04. The molecule has 0 aliphatic rings. The van der Waals surface area contributed by atoms with Crippen molar-refractivity contribution in [1.82, 2.24) is 14.8 Å². The van der Waals surface area contributed by atoms with E-state index < -0.39 is 5.97 Å². The van der Waals surface area contributed by atoms with Gasteiger partial charge in [0.25, 0.3) is 0 Å². The molecule has 0 saturated carbocycles. The third kappa shape index (κ3) is 3.81. The second-order valence-corrected chi connectivity index (χ2v) is 6.58. The van der Waals surface area contributed by atoms with Crippen LogP contribution >= 0.6 is 23.1 Å². The molecule has 1 unspecified atom stereocenters. The van der Waals surface area contributed by atoms with Gasteiger partial charge in [-0.25, -0.2) is 0 Å². The first-order valence-corrected chi connectivity index (χ1v) is 7.66. The van der Waals surface area contributed by atoms with Crippen molar-refractivity contribution in [2.75, 3.05) is 5.75 Å². The summed E-state index contributed by atoms with van der Waals surface area (Å²) in [5.74, 6) is -0.843. The van der Waals surface area contributed by atoms with Crippen LogP contribution in [0.4, 0.5) is 0 Å². The number of nitrogens with zero attached hydrogens (tertiary/aromatic N) is 3. The van der Waals surface area contributed by atoms with Crippen molar-refractivity contribution in [3.05, 3.63) is 28.2 Å². The van der Waals surface area contributed by atoms with E-state index in [1.807, 2.05) is 4.57 Å². The van der Waals surface area contributed by atoms with Gasteiger partial charge in [-0.1, -0.05) is 11.8 Å². The number of hydrogen-bond donors (Lipinski definition) is 1. The molecule has 2 rings (SSSR count). The Bertz CT molecular complexity index is 565. The predicted octanol–water partition coefficient (Wildman–Crippen LogP) is 2.63. The summed E-state index contributed by atoms with van der Waals surface area (Å²) in [7, 11) is 0. The van der Waals surface area contributed by atoms with Crippen molar-refractivity contribution < 1.29 is 9.90 Å². The van der Waals surface area contributed by atoms with Gasteiger partial charge < -0.3 is 9.67 Å². The number of aryl methyl sites for hydroxylation is 1. The van der Waals surface area contributed by atoms with Crippen LogP contribution in [0.2, 0.25) is 0 Å². The molecule has 0 radical (unpaired) electrons. The van der Waals surface area contributed by atoms with Crippen LogP contribution in [0.15, 0.2) is 23.6 Å². The number of thiophene rings is 1. The zero-order chi connectivity index (χ0) is 13.8. The number of carboxylic acid groups (broad SMARTS) is 1. The highest BCUT2D eigenvalue weighted by atomic mass is 32.2. The van der Waals surface area contributed by atoms with Crippen molar-refractivity contribution in [1.29, 1.82) is 0 Å². The zero-order valence-corrected chi connectivity index (χ0v) is 12.4. The molecular formula is C12H15N3O2S2. The number of thioether (sulfide) groups is 1. The second-order valence-electron chi connectivity index (χ2n) is 4.27. The van der Waals surface area contributed by atoms with Crippen molar-refractivity contribution in [2.45, 2.75) is 31.5 Å². The van der Waals surface area contributed by atoms with Crippen LogP contribution in [0.5, 0.6) is 0 Å². The molecule has 0 aromatic carbocycles. The maximum Gasteiger partial charge on any atom is 0.313 e. The fourth-order valence-electron chi connectivity index (χ4n) is 1.75. The van der Waals surface area contributed by atoms with Gasteiger partial charge in [-0.2, -0.15) is 0 Å². The molecule has 0 spiro atoms. The summed E-state index contributed by atoms with van der Waals surface area (Å²) in [4.78, 5) is 13.2. The monoisotopic (exact) mass is 297 g/mol.